The zero-order valence-electron chi connectivity index (χ0n) is 21.2. The first-order valence-electron chi connectivity index (χ1n) is 12.0. The van der Waals surface area contributed by atoms with Gasteiger partial charge in [-0.15, -0.1) is 0 Å². The molecule has 0 aliphatic heterocycles. The third-order valence-corrected chi connectivity index (χ3v) is 5.44. The molecule has 1 rings (SSSR count). The lowest BCUT2D eigenvalue weighted by molar-refractivity contribution is -0.929. The van der Waals surface area contributed by atoms with Gasteiger partial charge in [-0.25, -0.2) is 0 Å². The van der Waals surface area contributed by atoms with E-state index in [-0.39, 0.29) is 41.0 Å². The van der Waals surface area contributed by atoms with E-state index >= 15 is 0 Å². The predicted octanol–water partition coefficient (Wildman–Crippen LogP) is 0.904. The summed E-state index contributed by atoms with van der Waals surface area (Å²) in [5, 5.41) is 0. The van der Waals surface area contributed by atoms with Crippen LogP contribution in [0.25, 0.3) is 0 Å². The second-order valence-electron chi connectivity index (χ2n) is 9.58. The van der Waals surface area contributed by atoms with Crippen LogP contribution in [0, 0.1) is 0 Å². The van der Waals surface area contributed by atoms with Crippen molar-refractivity contribution in [2.75, 3.05) is 47.3 Å². The molecule has 180 valence electrons. The van der Waals surface area contributed by atoms with Crippen LogP contribution in [0.15, 0.2) is 30.3 Å². The van der Waals surface area contributed by atoms with Crippen LogP contribution in [0.2, 0.25) is 0 Å². The van der Waals surface area contributed by atoms with Crippen molar-refractivity contribution in [3.63, 3.8) is 0 Å². The quantitative estimate of drug-likeness (QED) is 0.221. The first kappa shape index (κ1) is 35.0. The predicted molar refractivity (Wildman–Crippen MR) is 128 cm³/mol. The highest BCUT2D eigenvalue weighted by molar-refractivity contribution is 5.13. The number of rotatable bonds is 14. The van der Waals surface area contributed by atoms with Gasteiger partial charge in [0.1, 0.15) is 6.54 Å². The van der Waals surface area contributed by atoms with Crippen molar-refractivity contribution in [3.8, 4) is 0 Å². The molecule has 30 heavy (non-hydrogen) atoms. The average molecular weight is 600 g/mol. The number of halogens is 2. The van der Waals surface area contributed by atoms with Crippen molar-refractivity contribution in [1.29, 1.82) is 0 Å². The number of quaternary nitrogens is 2. The Labute approximate surface area is 217 Å². The van der Waals surface area contributed by atoms with Gasteiger partial charge < -0.3 is 49.9 Å². The lowest BCUT2D eigenvalue weighted by Crippen LogP contribution is -3.00. The van der Waals surface area contributed by atoms with E-state index in [1.165, 1.54) is 87.6 Å². The Kier molecular flexibility index (Phi) is 24.7. The first-order valence-corrected chi connectivity index (χ1v) is 12.0. The van der Waals surface area contributed by atoms with Crippen molar-refractivity contribution in [1.82, 2.24) is 0 Å². The van der Waals surface area contributed by atoms with Crippen LogP contribution in [0.1, 0.15) is 84.6 Å². The lowest BCUT2D eigenvalue weighted by atomic mass is 10.1. The fourth-order valence-electron chi connectivity index (χ4n) is 3.78. The molecule has 1 aromatic carbocycles. The third kappa shape index (κ3) is 19.1. The minimum Gasteiger partial charge on any atom is -1.00 e. The third-order valence-electron chi connectivity index (χ3n) is 5.44. The van der Waals surface area contributed by atoms with Crippen LogP contribution in [-0.2, 0) is 6.54 Å². The maximum atomic E-state index is 2.33. The molecular weight excluding hydrogens is 547 g/mol. The highest BCUT2D eigenvalue weighted by Crippen LogP contribution is 2.16. The molecule has 1 aromatic rings. The molecule has 4 heteroatoms. The van der Waals surface area contributed by atoms with Crippen LogP contribution in [0.5, 0.6) is 0 Å². The van der Waals surface area contributed by atoms with Crippen molar-refractivity contribution in [2.24, 2.45) is 0 Å². The molecule has 0 saturated carbocycles. The number of hydrogen-bond donors (Lipinski definition) is 0. The van der Waals surface area contributed by atoms with Gasteiger partial charge in [-0.2, -0.15) is 0 Å². The zero-order valence-corrected chi connectivity index (χ0v) is 25.0. The summed E-state index contributed by atoms with van der Waals surface area (Å²) in [6.07, 6.45) is 11.1. The monoisotopic (exact) mass is 598 g/mol. The van der Waals surface area contributed by atoms with E-state index in [9.17, 15) is 0 Å². The molecule has 0 saturated heterocycles. The van der Waals surface area contributed by atoms with Gasteiger partial charge in [-0.3, -0.25) is 0 Å². The molecule has 0 aromatic heterocycles. The smallest absolute Gasteiger partial charge is 0.104 e. The summed E-state index contributed by atoms with van der Waals surface area (Å²) in [5.41, 5.74) is 1.40. The Bertz CT molecular complexity index is 422. The molecule has 2 nitrogen and oxygen atoms in total. The Morgan fingerprint density at radius 3 is 1.20 bits per heavy atom. The zero-order chi connectivity index (χ0) is 21.3. The van der Waals surface area contributed by atoms with E-state index < -0.39 is 0 Å². The summed E-state index contributed by atoms with van der Waals surface area (Å²) in [4.78, 5) is 0. The minimum atomic E-state index is 0. The van der Waals surface area contributed by atoms with Crippen LogP contribution >= 0.6 is 0 Å². The fraction of sp³-hybridized carbons (Fsp3) is 0.769. The maximum Gasteiger partial charge on any atom is 0.104 e. The molecule has 0 heterocycles. The Morgan fingerprint density at radius 1 is 0.600 bits per heavy atom. The number of nitrogens with zero attached hydrogens (tertiary/aromatic N) is 2. The number of unbranched alkanes of at least 4 members (excludes halogenated alkanes) is 4. The van der Waals surface area contributed by atoms with E-state index in [0.717, 1.165) is 11.0 Å². The topological polar surface area (TPSA) is 0 Å². The molecule has 0 bridgehead atoms. The second-order valence-corrected chi connectivity index (χ2v) is 9.58. The molecule has 0 radical (unpaired) electrons. The van der Waals surface area contributed by atoms with Gasteiger partial charge in [0, 0.05) is 5.56 Å². The Hall–Kier alpha value is 0.350. The molecule has 0 atom stereocenters. The van der Waals surface area contributed by atoms with Gasteiger partial charge in [0.25, 0.3) is 0 Å². The second kappa shape index (κ2) is 21.2. The van der Waals surface area contributed by atoms with E-state index in [0.29, 0.717) is 0 Å². The Morgan fingerprint density at radius 2 is 0.933 bits per heavy atom. The molecular formula is C26H52BrIN2. The van der Waals surface area contributed by atoms with E-state index in [1.807, 2.05) is 0 Å². The van der Waals surface area contributed by atoms with E-state index in [2.05, 4.69) is 79.2 Å². The van der Waals surface area contributed by atoms with Crippen LogP contribution in [-0.4, -0.2) is 56.3 Å². The molecule has 0 amide bonds. The average Bonchev–Trinajstić information content (AvgIpc) is 2.67. The number of hydrogen-bond acceptors (Lipinski definition) is 0. The lowest BCUT2D eigenvalue weighted by Gasteiger charge is -2.39. The summed E-state index contributed by atoms with van der Waals surface area (Å²) in [7, 11) is 6.60. The highest BCUT2D eigenvalue weighted by Gasteiger charge is 2.24. The summed E-state index contributed by atoms with van der Waals surface area (Å²) >= 11 is 0. The van der Waals surface area contributed by atoms with E-state index in [4.69, 9.17) is 0 Å². The number of benzene rings is 1. The van der Waals surface area contributed by atoms with E-state index in [1.54, 1.807) is 0 Å². The summed E-state index contributed by atoms with van der Waals surface area (Å²) in [5.74, 6) is 0. The minimum absolute atomic E-state index is 0. The van der Waals surface area contributed by atoms with Crippen molar-refractivity contribution < 1.29 is 49.9 Å². The Balaban J connectivity index is -0.000000489. The first-order chi connectivity index (χ1) is 13.3. The fourth-order valence-corrected chi connectivity index (χ4v) is 3.78. The standard InChI is InChI=1S/C16H36N.C10H16N.BrH.HI/c1-5-9-13-17(14-10-6-2,15-11-7-3)16-12-8-4;1-11(2,3)9-10-7-5-4-6-8-10;;/h5-16H2,1-4H3;4-8H,9H2,1-3H3;2*1H/q2*+1;;/p-2. The normalized spacial score (nSPS) is 11.0. The molecule has 0 aliphatic carbocycles. The van der Waals surface area contributed by atoms with Gasteiger partial charge in [0.15, 0.2) is 0 Å². The highest BCUT2D eigenvalue weighted by atomic mass is 127. The molecule has 0 N–H and O–H groups in total. The summed E-state index contributed by atoms with van der Waals surface area (Å²) in [6, 6.07) is 10.6. The summed E-state index contributed by atoms with van der Waals surface area (Å²) < 4.78 is 2.41. The van der Waals surface area contributed by atoms with Gasteiger partial charge >= 0.3 is 0 Å². The van der Waals surface area contributed by atoms with Gasteiger partial charge in [-0.1, -0.05) is 83.7 Å². The molecule has 0 aliphatic rings. The van der Waals surface area contributed by atoms with Gasteiger partial charge in [0.2, 0.25) is 0 Å². The van der Waals surface area contributed by atoms with Crippen molar-refractivity contribution in [3.05, 3.63) is 35.9 Å². The van der Waals surface area contributed by atoms with Crippen LogP contribution < -0.4 is 41.0 Å². The SMILES string of the molecule is CCCC[N+](CCCC)(CCCC)CCCC.C[N+](C)(C)Cc1ccccc1.[Br-].[I-]. The summed E-state index contributed by atoms with van der Waals surface area (Å²) in [6.45, 7) is 16.1. The molecule has 0 unspecified atom stereocenters. The van der Waals surface area contributed by atoms with Crippen molar-refractivity contribution in [2.45, 2.75) is 85.6 Å². The molecule has 0 spiro atoms. The maximum absolute atomic E-state index is 2.33. The van der Waals surface area contributed by atoms with Gasteiger partial charge in [0.05, 0.1) is 47.3 Å². The van der Waals surface area contributed by atoms with Crippen LogP contribution in [0.4, 0.5) is 0 Å². The van der Waals surface area contributed by atoms with Crippen LogP contribution in [0.3, 0.4) is 0 Å². The van der Waals surface area contributed by atoms with Gasteiger partial charge in [-0.05, 0) is 25.7 Å². The largest absolute Gasteiger partial charge is 1.00 e. The van der Waals surface area contributed by atoms with Crippen molar-refractivity contribution >= 4 is 0 Å². The molecule has 0 fully saturated rings.